The fourth-order valence-electron chi connectivity index (χ4n) is 1.60. The van der Waals surface area contributed by atoms with Crippen molar-refractivity contribution in [3.63, 3.8) is 0 Å². The third-order valence-corrected chi connectivity index (χ3v) is 3.40. The number of nitrogens with one attached hydrogen (secondary N) is 2. The van der Waals surface area contributed by atoms with Crippen LogP contribution in [-0.2, 0) is 0 Å². The average molecular weight is 256 g/mol. The van der Waals surface area contributed by atoms with E-state index in [1.54, 1.807) is 5.38 Å². The van der Waals surface area contributed by atoms with Crippen molar-refractivity contribution in [2.75, 3.05) is 5.32 Å². The summed E-state index contributed by atoms with van der Waals surface area (Å²) < 4.78 is 0. The largest absolute Gasteiger partial charge is 0.478 e. The number of amides is 2. The van der Waals surface area contributed by atoms with E-state index in [4.69, 9.17) is 10.2 Å². The van der Waals surface area contributed by atoms with E-state index >= 15 is 0 Å². The molecule has 0 bridgehead atoms. The number of carbonyl (C=O) groups excluding carboxylic acids is 1. The van der Waals surface area contributed by atoms with Crippen LogP contribution < -0.4 is 10.6 Å². The number of hydrogen-bond acceptors (Lipinski definition) is 4. The first-order valence-corrected chi connectivity index (χ1v) is 6.00. The Morgan fingerprint density at radius 1 is 1.41 bits per heavy atom. The fourth-order valence-corrected chi connectivity index (χ4v) is 2.38. The van der Waals surface area contributed by atoms with Crippen LogP contribution in [0.3, 0.4) is 0 Å². The van der Waals surface area contributed by atoms with Crippen molar-refractivity contribution in [2.24, 2.45) is 0 Å². The molecule has 0 saturated heterocycles. The van der Waals surface area contributed by atoms with Crippen molar-refractivity contribution < 1.29 is 19.8 Å². The summed E-state index contributed by atoms with van der Waals surface area (Å²) >= 11 is 1.16. The van der Waals surface area contributed by atoms with Gasteiger partial charge in [0.05, 0.1) is 11.7 Å². The van der Waals surface area contributed by atoms with E-state index < -0.39 is 12.0 Å². The summed E-state index contributed by atoms with van der Waals surface area (Å²) in [6.45, 7) is 0. The smallest absolute Gasteiger partial charge is 0.338 e. The molecule has 1 aromatic heterocycles. The molecule has 2 rings (SSSR count). The number of anilines is 1. The van der Waals surface area contributed by atoms with Crippen molar-refractivity contribution in [1.82, 2.24) is 5.32 Å². The Kier molecular flexibility index (Phi) is 3.30. The standard InChI is InChI=1S/C10H12N2O4S/c13-6-3-5(4-6)11-10(16)12-8-7(9(14)15)1-2-17-8/h1-2,5-6,13H,3-4H2,(H,14,15)(H2,11,12,16). The van der Waals surface area contributed by atoms with Gasteiger partial charge in [0.1, 0.15) is 5.00 Å². The molecular formula is C10H12N2O4S. The minimum absolute atomic E-state index is 0.0294. The Morgan fingerprint density at radius 3 is 2.71 bits per heavy atom. The molecule has 1 aliphatic rings. The van der Waals surface area contributed by atoms with Gasteiger partial charge in [-0.15, -0.1) is 11.3 Å². The van der Waals surface area contributed by atoms with Gasteiger partial charge in [-0.25, -0.2) is 9.59 Å². The van der Waals surface area contributed by atoms with Crippen molar-refractivity contribution in [1.29, 1.82) is 0 Å². The molecule has 0 spiro atoms. The van der Waals surface area contributed by atoms with Crippen LogP contribution in [0.1, 0.15) is 23.2 Å². The minimum Gasteiger partial charge on any atom is -0.478 e. The molecule has 0 aromatic carbocycles. The third-order valence-electron chi connectivity index (χ3n) is 2.57. The van der Waals surface area contributed by atoms with Crippen molar-refractivity contribution in [3.8, 4) is 0 Å². The zero-order valence-electron chi connectivity index (χ0n) is 8.84. The molecule has 1 aliphatic carbocycles. The molecule has 6 nitrogen and oxygen atoms in total. The predicted octanol–water partition coefficient (Wildman–Crippen LogP) is 1.09. The lowest BCUT2D eigenvalue weighted by atomic mass is 9.90. The third kappa shape index (κ3) is 2.75. The van der Waals surface area contributed by atoms with Gasteiger partial charge in [0, 0.05) is 6.04 Å². The highest BCUT2D eigenvalue weighted by Crippen LogP contribution is 2.24. The first-order valence-electron chi connectivity index (χ1n) is 5.12. The highest BCUT2D eigenvalue weighted by atomic mass is 32.1. The zero-order chi connectivity index (χ0) is 12.4. The van der Waals surface area contributed by atoms with Crippen molar-refractivity contribution in [2.45, 2.75) is 25.0 Å². The Hall–Kier alpha value is -1.60. The van der Waals surface area contributed by atoms with Gasteiger partial charge < -0.3 is 15.5 Å². The van der Waals surface area contributed by atoms with E-state index in [2.05, 4.69) is 10.6 Å². The number of carboxylic acid groups (broad SMARTS) is 1. The minimum atomic E-state index is -1.07. The Labute approximate surface area is 101 Å². The van der Waals surface area contributed by atoms with Gasteiger partial charge in [-0.1, -0.05) is 0 Å². The normalized spacial score (nSPS) is 22.6. The summed E-state index contributed by atoms with van der Waals surface area (Å²) in [4.78, 5) is 22.3. The maximum atomic E-state index is 11.5. The molecule has 0 aliphatic heterocycles. The second-order valence-electron chi connectivity index (χ2n) is 3.89. The molecule has 7 heteroatoms. The van der Waals surface area contributed by atoms with Gasteiger partial charge >= 0.3 is 12.0 Å². The number of aliphatic hydroxyl groups excluding tert-OH is 1. The predicted molar refractivity (Wildman–Crippen MR) is 62.5 cm³/mol. The number of hydrogen-bond donors (Lipinski definition) is 4. The number of urea groups is 1. The van der Waals surface area contributed by atoms with Crippen LogP contribution in [-0.4, -0.2) is 34.4 Å². The van der Waals surface area contributed by atoms with Gasteiger partial charge in [0.2, 0.25) is 0 Å². The first kappa shape index (κ1) is 11.9. The quantitative estimate of drug-likeness (QED) is 0.650. The van der Waals surface area contributed by atoms with Gasteiger partial charge in [-0.2, -0.15) is 0 Å². The lowest BCUT2D eigenvalue weighted by Gasteiger charge is -2.31. The topological polar surface area (TPSA) is 98.7 Å². The van der Waals surface area contributed by atoms with Crippen LogP contribution in [0.2, 0.25) is 0 Å². The Morgan fingerprint density at radius 2 is 2.12 bits per heavy atom. The molecule has 1 saturated carbocycles. The van der Waals surface area contributed by atoms with E-state index in [9.17, 15) is 9.59 Å². The molecule has 0 radical (unpaired) electrons. The van der Waals surface area contributed by atoms with Crippen LogP contribution in [0.4, 0.5) is 9.80 Å². The van der Waals surface area contributed by atoms with Crippen LogP contribution in [0.5, 0.6) is 0 Å². The zero-order valence-corrected chi connectivity index (χ0v) is 9.66. The molecule has 2 amide bonds. The monoisotopic (exact) mass is 256 g/mol. The van der Waals surface area contributed by atoms with E-state index in [0.717, 1.165) is 11.3 Å². The Bertz CT molecular complexity index is 439. The molecule has 1 aromatic rings. The molecule has 1 heterocycles. The van der Waals surface area contributed by atoms with Gasteiger partial charge in [-0.3, -0.25) is 5.32 Å². The number of carboxylic acids is 1. The van der Waals surface area contributed by atoms with Crippen LogP contribution in [0.25, 0.3) is 0 Å². The molecule has 92 valence electrons. The number of aromatic carboxylic acids is 1. The van der Waals surface area contributed by atoms with Gasteiger partial charge in [0.25, 0.3) is 0 Å². The van der Waals surface area contributed by atoms with Crippen molar-refractivity contribution in [3.05, 3.63) is 17.0 Å². The molecule has 0 atom stereocenters. The van der Waals surface area contributed by atoms with Crippen LogP contribution >= 0.6 is 11.3 Å². The number of thiophene rings is 1. The van der Waals surface area contributed by atoms with E-state index in [1.807, 2.05) is 0 Å². The number of rotatable bonds is 3. The Balaban J connectivity index is 1.89. The summed E-state index contributed by atoms with van der Waals surface area (Å²) in [6.07, 6.45) is 0.754. The molecule has 4 N–H and O–H groups in total. The van der Waals surface area contributed by atoms with E-state index in [1.165, 1.54) is 6.07 Å². The second kappa shape index (κ2) is 4.72. The van der Waals surface area contributed by atoms with Gasteiger partial charge in [-0.05, 0) is 24.3 Å². The molecule has 1 fully saturated rings. The number of aliphatic hydroxyl groups is 1. The summed E-state index contributed by atoms with van der Waals surface area (Å²) in [6, 6.07) is 0.973. The fraction of sp³-hybridized carbons (Fsp3) is 0.400. The molecule has 0 unspecified atom stereocenters. The summed E-state index contributed by atoms with van der Waals surface area (Å²) in [7, 11) is 0. The van der Waals surface area contributed by atoms with E-state index in [0.29, 0.717) is 17.8 Å². The lowest BCUT2D eigenvalue weighted by Crippen LogP contribution is -2.48. The highest BCUT2D eigenvalue weighted by Gasteiger charge is 2.28. The second-order valence-corrected chi connectivity index (χ2v) is 4.81. The number of carbonyl (C=O) groups is 2. The first-order chi connectivity index (χ1) is 8.06. The van der Waals surface area contributed by atoms with Crippen LogP contribution in [0.15, 0.2) is 11.4 Å². The summed E-state index contributed by atoms with van der Waals surface area (Å²) in [5, 5.41) is 25.0. The SMILES string of the molecule is O=C(Nc1sccc1C(=O)O)NC1CC(O)C1. The maximum Gasteiger partial charge on any atom is 0.338 e. The summed E-state index contributed by atoms with van der Waals surface area (Å²) in [5.74, 6) is -1.07. The maximum absolute atomic E-state index is 11.5. The van der Waals surface area contributed by atoms with Gasteiger partial charge in [0.15, 0.2) is 0 Å². The molecular weight excluding hydrogens is 244 g/mol. The molecule has 17 heavy (non-hydrogen) atoms. The summed E-state index contributed by atoms with van der Waals surface area (Å²) in [5.41, 5.74) is 0.0822. The average Bonchev–Trinajstić information content (AvgIpc) is 2.63. The highest BCUT2D eigenvalue weighted by molar-refractivity contribution is 7.14. The van der Waals surface area contributed by atoms with Crippen molar-refractivity contribution >= 4 is 28.3 Å². The van der Waals surface area contributed by atoms with Crippen LogP contribution in [0, 0.1) is 0 Å². The lowest BCUT2D eigenvalue weighted by molar-refractivity contribution is 0.0670. The van der Waals surface area contributed by atoms with E-state index in [-0.39, 0.29) is 17.7 Å².